The second-order valence-electron chi connectivity index (χ2n) is 4.39. The number of phenolic OH excluding ortho intramolecular Hbond substituents is 2. The molecule has 0 unspecified atom stereocenters. The normalized spacial score (nSPS) is 9.86. The van der Waals surface area contributed by atoms with Crippen LogP contribution >= 0.6 is 0 Å². The van der Waals surface area contributed by atoms with E-state index < -0.39 is 12.0 Å². The fourth-order valence-corrected chi connectivity index (χ4v) is 1.80. The van der Waals surface area contributed by atoms with Crippen LogP contribution in [0.25, 0.3) is 0 Å². The van der Waals surface area contributed by atoms with Gasteiger partial charge in [-0.25, -0.2) is 9.59 Å². The molecule has 0 radical (unpaired) electrons. The summed E-state index contributed by atoms with van der Waals surface area (Å²) in [7, 11) is 1.27. The Morgan fingerprint density at radius 1 is 0.955 bits per heavy atom. The third-order valence-electron chi connectivity index (χ3n) is 2.70. The number of aromatic hydroxyl groups is 2. The number of amides is 2. The highest BCUT2D eigenvalue weighted by Crippen LogP contribution is 2.24. The van der Waals surface area contributed by atoms with Gasteiger partial charge in [0.15, 0.2) is 0 Å². The molecule has 0 spiro atoms. The van der Waals surface area contributed by atoms with Crippen LogP contribution in [0.15, 0.2) is 42.5 Å². The molecule has 114 valence electrons. The van der Waals surface area contributed by atoms with Crippen LogP contribution in [0.4, 0.5) is 16.2 Å². The molecule has 22 heavy (non-hydrogen) atoms. The molecule has 4 N–H and O–H groups in total. The van der Waals surface area contributed by atoms with Gasteiger partial charge in [0.1, 0.15) is 11.5 Å². The van der Waals surface area contributed by atoms with Crippen LogP contribution < -0.4 is 10.6 Å². The van der Waals surface area contributed by atoms with Crippen LogP contribution in [-0.4, -0.2) is 29.3 Å². The third-order valence-corrected chi connectivity index (χ3v) is 2.70. The van der Waals surface area contributed by atoms with Gasteiger partial charge in [-0.3, -0.25) is 0 Å². The summed E-state index contributed by atoms with van der Waals surface area (Å²) in [6.07, 6.45) is 0. The maximum absolute atomic E-state index is 11.9. The topological polar surface area (TPSA) is 108 Å². The lowest BCUT2D eigenvalue weighted by Gasteiger charge is -2.09. The minimum atomic E-state index is -0.591. The summed E-state index contributed by atoms with van der Waals surface area (Å²) >= 11 is 0. The SMILES string of the molecule is COC(=O)c1cccc(NC(=O)Nc2cc(O)cc(O)c2)c1. The molecule has 0 aliphatic carbocycles. The van der Waals surface area contributed by atoms with Crippen molar-refractivity contribution in [1.29, 1.82) is 0 Å². The number of urea groups is 1. The quantitative estimate of drug-likeness (QED) is 0.652. The maximum atomic E-state index is 11.9. The highest BCUT2D eigenvalue weighted by molar-refractivity contribution is 6.01. The number of phenols is 2. The van der Waals surface area contributed by atoms with E-state index >= 15 is 0 Å². The number of hydrogen-bond donors (Lipinski definition) is 4. The Balaban J connectivity index is 2.07. The second kappa shape index (κ2) is 6.49. The van der Waals surface area contributed by atoms with E-state index in [4.69, 9.17) is 0 Å². The monoisotopic (exact) mass is 302 g/mol. The van der Waals surface area contributed by atoms with Crippen molar-refractivity contribution < 1.29 is 24.5 Å². The smallest absolute Gasteiger partial charge is 0.337 e. The van der Waals surface area contributed by atoms with Gasteiger partial charge in [0.2, 0.25) is 0 Å². The predicted octanol–water partition coefficient (Wildman–Crippen LogP) is 2.53. The van der Waals surface area contributed by atoms with E-state index in [2.05, 4.69) is 15.4 Å². The van der Waals surface area contributed by atoms with Gasteiger partial charge in [0.05, 0.1) is 12.7 Å². The summed E-state index contributed by atoms with van der Waals surface area (Å²) in [6, 6.07) is 9.34. The van der Waals surface area contributed by atoms with Crippen molar-refractivity contribution in [3.63, 3.8) is 0 Å². The fraction of sp³-hybridized carbons (Fsp3) is 0.0667. The number of anilines is 2. The number of esters is 1. The zero-order valence-electron chi connectivity index (χ0n) is 11.7. The van der Waals surface area contributed by atoms with Gasteiger partial charge < -0.3 is 25.6 Å². The van der Waals surface area contributed by atoms with Gasteiger partial charge >= 0.3 is 12.0 Å². The molecule has 0 saturated heterocycles. The minimum Gasteiger partial charge on any atom is -0.508 e. The molecule has 7 heteroatoms. The lowest BCUT2D eigenvalue weighted by molar-refractivity contribution is 0.0600. The first-order valence-electron chi connectivity index (χ1n) is 6.27. The minimum absolute atomic E-state index is 0.178. The molecule has 0 saturated carbocycles. The molecular weight excluding hydrogens is 288 g/mol. The van der Waals surface area contributed by atoms with E-state index in [0.717, 1.165) is 6.07 Å². The molecule has 2 aromatic rings. The van der Waals surface area contributed by atoms with Crippen LogP contribution in [0, 0.1) is 0 Å². The predicted molar refractivity (Wildman–Crippen MR) is 80.2 cm³/mol. The number of rotatable bonds is 3. The summed E-state index contributed by atoms with van der Waals surface area (Å²) in [5.74, 6) is -0.868. The molecule has 0 aromatic heterocycles. The molecule has 2 aromatic carbocycles. The molecule has 0 aliphatic rings. The van der Waals surface area contributed by atoms with Gasteiger partial charge in [-0.1, -0.05) is 6.07 Å². The molecule has 0 fully saturated rings. The van der Waals surface area contributed by atoms with Crippen molar-refractivity contribution in [3.05, 3.63) is 48.0 Å². The molecule has 0 bridgehead atoms. The Morgan fingerprint density at radius 2 is 1.59 bits per heavy atom. The summed E-state index contributed by atoms with van der Waals surface area (Å²) in [4.78, 5) is 23.3. The lowest BCUT2D eigenvalue weighted by Crippen LogP contribution is -2.19. The average molecular weight is 302 g/mol. The number of carbonyl (C=O) groups is 2. The van der Waals surface area contributed by atoms with E-state index in [1.165, 1.54) is 25.3 Å². The van der Waals surface area contributed by atoms with Gasteiger partial charge in [0.25, 0.3) is 0 Å². The van der Waals surface area contributed by atoms with E-state index in [9.17, 15) is 19.8 Å². The van der Waals surface area contributed by atoms with E-state index in [0.29, 0.717) is 11.3 Å². The number of hydrogen-bond acceptors (Lipinski definition) is 5. The average Bonchev–Trinajstić information content (AvgIpc) is 2.45. The molecule has 0 aliphatic heterocycles. The van der Waals surface area contributed by atoms with Crippen molar-refractivity contribution in [3.8, 4) is 11.5 Å². The molecule has 0 atom stereocenters. The Labute approximate surface area is 126 Å². The summed E-state index contributed by atoms with van der Waals surface area (Å²) in [5, 5.41) is 23.7. The zero-order chi connectivity index (χ0) is 16.1. The third kappa shape index (κ3) is 3.89. The fourth-order valence-electron chi connectivity index (χ4n) is 1.80. The molecule has 0 heterocycles. The highest BCUT2D eigenvalue weighted by atomic mass is 16.5. The Bertz CT molecular complexity index is 695. The van der Waals surface area contributed by atoms with Crippen molar-refractivity contribution in [2.75, 3.05) is 17.7 Å². The van der Waals surface area contributed by atoms with Crippen LogP contribution in [-0.2, 0) is 4.74 Å². The molecular formula is C15H14N2O5. The first-order valence-corrected chi connectivity index (χ1v) is 6.27. The van der Waals surface area contributed by atoms with Crippen LogP contribution in [0.5, 0.6) is 11.5 Å². The Kier molecular flexibility index (Phi) is 4.47. The highest BCUT2D eigenvalue weighted by Gasteiger charge is 2.08. The van der Waals surface area contributed by atoms with Crippen LogP contribution in [0.3, 0.4) is 0 Å². The molecule has 2 amide bonds. The number of methoxy groups -OCH3 is 1. The number of ether oxygens (including phenoxy) is 1. The molecule has 2 rings (SSSR count). The first kappa shape index (κ1) is 15.2. The van der Waals surface area contributed by atoms with Gasteiger partial charge in [0, 0.05) is 29.6 Å². The van der Waals surface area contributed by atoms with Gasteiger partial charge in [-0.2, -0.15) is 0 Å². The largest absolute Gasteiger partial charge is 0.508 e. The van der Waals surface area contributed by atoms with Crippen molar-refractivity contribution in [1.82, 2.24) is 0 Å². The van der Waals surface area contributed by atoms with Crippen molar-refractivity contribution >= 4 is 23.4 Å². The van der Waals surface area contributed by atoms with E-state index in [1.807, 2.05) is 0 Å². The van der Waals surface area contributed by atoms with Crippen LogP contribution in [0.2, 0.25) is 0 Å². The maximum Gasteiger partial charge on any atom is 0.337 e. The molecule has 7 nitrogen and oxygen atoms in total. The van der Waals surface area contributed by atoms with Crippen molar-refractivity contribution in [2.45, 2.75) is 0 Å². The zero-order valence-corrected chi connectivity index (χ0v) is 11.7. The number of nitrogens with one attached hydrogen (secondary N) is 2. The standard InChI is InChI=1S/C15H14N2O5/c1-22-14(20)9-3-2-4-10(5-9)16-15(21)17-11-6-12(18)8-13(19)7-11/h2-8,18-19H,1H3,(H2,16,17,21). The number of carbonyl (C=O) groups excluding carboxylic acids is 2. The second-order valence-corrected chi connectivity index (χ2v) is 4.39. The summed E-state index contributed by atoms with van der Waals surface area (Å²) < 4.78 is 4.60. The first-order chi connectivity index (χ1) is 10.5. The van der Waals surface area contributed by atoms with E-state index in [1.54, 1.807) is 18.2 Å². The summed E-state index contributed by atoms with van der Waals surface area (Å²) in [6.45, 7) is 0. The lowest BCUT2D eigenvalue weighted by atomic mass is 10.2. The van der Waals surface area contributed by atoms with E-state index in [-0.39, 0.29) is 17.2 Å². The Morgan fingerprint density at radius 3 is 2.23 bits per heavy atom. The van der Waals surface area contributed by atoms with Gasteiger partial charge in [-0.05, 0) is 18.2 Å². The van der Waals surface area contributed by atoms with Crippen molar-refractivity contribution in [2.24, 2.45) is 0 Å². The van der Waals surface area contributed by atoms with Crippen LogP contribution in [0.1, 0.15) is 10.4 Å². The number of benzene rings is 2. The Hall–Kier alpha value is -3.22. The summed E-state index contributed by atoms with van der Waals surface area (Å²) in [5.41, 5.74) is 0.916. The van der Waals surface area contributed by atoms with Gasteiger partial charge in [-0.15, -0.1) is 0 Å².